The predicted molar refractivity (Wildman–Crippen MR) is 112 cm³/mol. The van der Waals surface area contributed by atoms with Crippen molar-refractivity contribution < 1.29 is 19.0 Å². The molecule has 0 heterocycles. The molecule has 0 bridgehead atoms. The summed E-state index contributed by atoms with van der Waals surface area (Å²) >= 11 is 6.74. The van der Waals surface area contributed by atoms with E-state index in [1.165, 1.54) is 6.21 Å². The summed E-state index contributed by atoms with van der Waals surface area (Å²) in [6.45, 7) is 2.51. The average Bonchev–Trinajstić information content (AvgIpc) is 2.66. The van der Waals surface area contributed by atoms with Gasteiger partial charge in [0.15, 0.2) is 18.1 Å². The summed E-state index contributed by atoms with van der Waals surface area (Å²) in [6, 6.07) is 10.9. The molecule has 2 aromatic carbocycles. The van der Waals surface area contributed by atoms with E-state index in [2.05, 4.69) is 42.4 Å². The molecular weight excluding hydrogens is 480 g/mol. The summed E-state index contributed by atoms with van der Waals surface area (Å²) in [7, 11) is 1.58. The minimum Gasteiger partial charge on any atom is -0.493 e. The van der Waals surface area contributed by atoms with Crippen molar-refractivity contribution in [2.24, 2.45) is 5.10 Å². The van der Waals surface area contributed by atoms with Gasteiger partial charge in [0.25, 0.3) is 5.91 Å². The molecule has 0 saturated heterocycles. The molecule has 0 aromatic heterocycles. The fourth-order valence-electron chi connectivity index (χ4n) is 2.04. The first-order valence-electron chi connectivity index (χ1n) is 8.24. The Balaban J connectivity index is 1.87. The Morgan fingerprint density at radius 1 is 1.11 bits per heavy atom. The summed E-state index contributed by atoms with van der Waals surface area (Å²) in [5, 5.41) is 3.94. The quantitative estimate of drug-likeness (QED) is 0.406. The molecule has 0 unspecified atom stereocenters. The third kappa shape index (κ3) is 6.88. The minimum absolute atomic E-state index is 0.148. The van der Waals surface area contributed by atoms with Crippen molar-refractivity contribution in [3.05, 3.63) is 50.9 Å². The fourth-order valence-corrected chi connectivity index (χ4v) is 3.20. The van der Waals surface area contributed by atoms with E-state index < -0.39 is 0 Å². The zero-order valence-electron chi connectivity index (χ0n) is 15.0. The van der Waals surface area contributed by atoms with E-state index in [4.69, 9.17) is 14.2 Å². The van der Waals surface area contributed by atoms with Gasteiger partial charge in [0.1, 0.15) is 5.75 Å². The lowest BCUT2D eigenvalue weighted by Crippen LogP contribution is -2.24. The summed E-state index contributed by atoms with van der Waals surface area (Å²) in [5.74, 6) is 1.50. The summed E-state index contributed by atoms with van der Waals surface area (Å²) in [4.78, 5) is 11.9. The van der Waals surface area contributed by atoms with E-state index in [1.807, 2.05) is 31.2 Å². The molecule has 1 amide bonds. The van der Waals surface area contributed by atoms with Gasteiger partial charge in [-0.15, -0.1) is 0 Å². The molecule has 0 fully saturated rings. The van der Waals surface area contributed by atoms with Gasteiger partial charge in [-0.2, -0.15) is 5.10 Å². The molecule has 27 heavy (non-hydrogen) atoms. The lowest BCUT2D eigenvalue weighted by molar-refractivity contribution is -0.123. The molecular formula is C19H20Br2N2O4. The van der Waals surface area contributed by atoms with Gasteiger partial charge in [-0.05, 0) is 64.3 Å². The molecule has 0 radical (unpaired) electrons. The van der Waals surface area contributed by atoms with E-state index in [0.717, 1.165) is 20.9 Å². The van der Waals surface area contributed by atoms with Crippen LogP contribution in [0.5, 0.6) is 17.2 Å². The minimum atomic E-state index is -0.365. The van der Waals surface area contributed by atoms with Gasteiger partial charge < -0.3 is 14.2 Å². The number of amides is 1. The van der Waals surface area contributed by atoms with Crippen molar-refractivity contribution >= 4 is 44.0 Å². The Hall–Kier alpha value is -2.06. The number of nitrogens with one attached hydrogen (secondary N) is 1. The SMILES string of the molecule is CCCOc1ccc(/C=N/NC(=O)COc2ccc(Br)cc2Br)cc1OC. The molecule has 1 N–H and O–H groups in total. The highest BCUT2D eigenvalue weighted by Crippen LogP contribution is 2.28. The summed E-state index contributed by atoms with van der Waals surface area (Å²) < 4.78 is 18.0. The molecule has 0 aliphatic rings. The van der Waals surface area contributed by atoms with Crippen LogP contribution in [-0.2, 0) is 4.79 Å². The topological polar surface area (TPSA) is 69.2 Å². The Morgan fingerprint density at radius 3 is 2.59 bits per heavy atom. The number of hydrogen-bond acceptors (Lipinski definition) is 5. The maximum Gasteiger partial charge on any atom is 0.277 e. The number of halogens is 2. The van der Waals surface area contributed by atoms with E-state index in [0.29, 0.717) is 23.9 Å². The van der Waals surface area contributed by atoms with Gasteiger partial charge in [-0.1, -0.05) is 22.9 Å². The molecule has 8 heteroatoms. The van der Waals surface area contributed by atoms with Crippen LogP contribution in [0.2, 0.25) is 0 Å². The second-order valence-electron chi connectivity index (χ2n) is 5.42. The van der Waals surface area contributed by atoms with Crippen molar-refractivity contribution in [2.45, 2.75) is 13.3 Å². The molecule has 144 valence electrons. The maximum absolute atomic E-state index is 11.9. The molecule has 2 aromatic rings. The van der Waals surface area contributed by atoms with Crippen LogP contribution in [0.4, 0.5) is 0 Å². The van der Waals surface area contributed by atoms with Crippen LogP contribution >= 0.6 is 31.9 Å². The van der Waals surface area contributed by atoms with Crippen molar-refractivity contribution in [2.75, 3.05) is 20.3 Å². The molecule has 2 rings (SSSR count). The average molecular weight is 500 g/mol. The maximum atomic E-state index is 11.9. The van der Waals surface area contributed by atoms with Crippen LogP contribution in [0.15, 0.2) is 50.4 Å². The van der Waals surface area contributed by atoms with Gasteiger partial charge in [0.05, 0.1) is 24.4 Å². The zero-order valence-corrected chi connectivity index (χ0v) is 18.2. The molecule has 0 atom stereocenters. The number of carbonyl (C=O) groups is 1. The Labute approximate surface area is 175 Å². The highest BCUT2D eigenvalue weighted by molar-refractivity contribution is 9.11. The Kier molecular flexibility index (Phi) is 8.60. The van der Waals surface area contributed by atoms with Crippen LogP contribution < -0.4 is 19.6 Å². The van der Waals surface area contributed by atoms with E-state index >= 15 is 0 Å². The first-order valence-corrected chi connectivity index (χ1v) is 9.82. The van der Waals surface area contributed by atoms with Gasteiger partial charge in [0, 0.05) is 4.47 Å². The number of rotatable bonds is 9. The normalized spacial score (nSPS) is 10.7. The van der Waals surface area contributed by atoms with Gasteiger partial charge in [0.2, 0.25) is 0 Å². The van der Waals surface area contributed by atoms with Crippen LogP contribution in [0.3, 0.4) is 0 Å². The van der Waals surface area contributed by atoms with Crippen molar-refractivity contribution in [3.8, 4) is 17.2 Å². The second-order valence-corrected chi connectivity index (χ2v) is 7.19. The predicted octanol–water partition coefficient (Wildman–Crippen LogP) is 4.54. The number of methoxy groups -OCH3 is 1. The first-order chi connectivity index (χ1) is 13.0. The third-order valence-electron chi connectivity index (χ3n) is 3.30. The van der Waals surface area contributed by atoms with Gasteiger partial charge >= 0.3 is 0 Å². The van der Waals surface area contributed by atoms with E-state index in [-0.39, 0.29) is 12.5 Å². The van der Waals surface area contributed by atoms with Crippen LogP contribution in [-0.4, -0.2) is 32.4 Å². The van der Waals surface area contributed by atoms with Crippen molar-refractivity contribution in [1.29, 1.82) is 0 Å². The smallest absolute Gasteiger partial charge is 0.277 e. The van der Waals surface area contributed by atoms with Crippen LogP contribution in [0.25, 0.3) is 0 Å². The number of hydrazone groups is 1. The van der Waals surface area contributed by atoms with Crippen molar-refractivity contribution in [3.63, 3.8) is 0 Å². The monoisotopic (exact) mass is 498 g/mol. The number of ether oxygens (including phenoxy) is 3. The number of nitrogens with zero attached hydrogens (tertiary/aromatic N) is 1. The Bertz CT molecular complexity index is 812. The van der Waals surface area contributed by atoms with E-state index in [1.54, 1.807) is 19.2 Å². The second kappa shape index (κ2) is 10.9. The third-order valence-corrected chi connectivity index (χ3v) is 4.42. The number of benzene rings is 2. The summed E-state index contributed by atoms with van der Waals surface area (Å²) in [6.07, 6.45) is 2.44. The van der Waals surface area contributed by atoms with Gasteiger partial charge in [-0.25, -0.2) is 5.43 Å². The molecule has 0 spiro atoms. The molecule has 0 saturated carbocycles. The highest BCUT2D eigenvalue weighted by atomic mass is 79.9. The Morgan fingerprint density at radius 2 is 1.89 bits per heavy atom. The highest BCUT2D eigenvalue weighted by Gasteiger charge is 2.06. The zero-order chi connectivity index (χ0) is 19.6. The van der Waals surface area contributed by atoms with Crippen LogP contribution in [0.1, 0.15) is 18.9 Å². The number of hydrogen-bond donors (Lipinski definition) is 1. The first kappa shape index (κ1) is 21.2. The molecule has 0 aliphatic carbocycles. The number of carbonyl (C=O) groups excluding carboxylic acids is 1. The molecule has 6 nitrogen and oxygen atoms in total. The van der Waals surface area contributed by atoms with E-state index in [9.17, 15) is 4.79 Å². The van der Waals surface area contributed by atoms with Crippen LogP contribution in [0, 0.1) is 0 Å². The fraction of sp³-hybridized carbons (Fsp3) is 0.263. The largest absolute Gasteiger partial charge is 0.493 e. The van der Waals surface area contributed by atoms with Crippen molar-refractivity contribution in [1.82, 2.24) is 5.43 Å². The lowest BCUT2D eigenvalue weighted by atomic mass is 10.2. The lowest BCUT2D eigenvalue weighted by Gasteiger charge is -2.10. The molecule has 0 aliphatic heterocycles. The van der Waals surface area contributed by atoms with Gasteiger partial charge in [-0.3, -0.25) is 4.79 Å². The standard InChI is InChI=1S/C19H20Br2N2O4/c1-3-8-26-17-6-4-13(9-18(17)25-2)11-22-23-19(24)12-27-16-7-5-14(20)10-15(16)21/h4-7,9-11H,3,8,12H2,1-2H3,(H,23,24)/b22-11+. The summed E-state index contributed by atoms with van der Waals surface area (Å²) in [5.41, 5.74) is 3.20.